The molecule has 0 unspecified atom stereocenters. The highest BCUT2D eigenvalue weighted by molar-refractivity contribution is 6.21. The Kier molecular flexibility index (Phi) is 9.87. The highest BCUT2D eigenvalue weighted by atomic mass is 15.0. The molecule has 0 bridgehead atoms. The van der Waals surface area contributed by atoms with Crippen LogP contribution in [0.1, 0.15) is 22.3 Å². The van der Waals surface area contributed by atoms with Crippen molar-refractivity contribution in [3.63, 3.8) is 0 Å². The topological polar surface area (TPSA) is 4.93 Å². The van der Waals surface area contributed by atoms with Crippen molar-refractivity contribution >= 4 is 43.4 Å². The van der Waals surface area contributed by atoms with Crippen molar-refractivity contribution in [3.05, 3.63) is 235 Å². The quantitative estimate of drug-likeness (QED) is 0.153. The van der Waals surface area contributed by atoms with E-state index < -0.39 is 0 Å². The average molecular weight is 782 g/mol. The Morgan fingerprint density at radius 2 is 0.770 bits per heavy atom. The van der Waals surface area contributed by atoms with Gasteiger partial charge in [0.15, 0.2) is 0 Å². The minimum absolute atomic E-state index is 1.17. The van der Waals surface area contributed by atoms with Crippen LogP contribution in [-0.2, 0) is 0 Å². The largest absolute Gasteiger partial charge is 0.309 e. The third-order valence-corrected chi connectivity index (χ3v) is 12.3. The van der Waals surface area contributed by atoms with Crippen LogP contribution in [0.2, 0.25) is 0 Å². The molecule has 1 nitrogen and oxygen atoms in total. The number of nitrogens with zero attached hydrogens (tertiary/aromatic N) is 1. The zero-order chi connectivity index (χ0) is 41.5. The number of rotatable bonds is 5. The Morgan fingerprint density at radius 1 is 0.295 bits per heavy atom. The molecule has 0 saturated carbocycles. The third-order valence-electron chi connectivity index (χ3n) is 12.3. The molecule has 11 aromatic rings. The Labute approximate surface area is 358 Å². The molecule has 0 amide bonds. The highest BCUT2D eigenvalue weighted by Crippen LogP contribution is 2.44. The molecule has 0 aliphatic carbocycles. The first-order valence-electron chi connectivity index (χ1n) is 21.3. The van der Waals surface area contributed by atoms with Crippen molar-refractivity contribution in [1.82, 2.24) is 4.57 Å². The smallest absolute Gasteiger partial charge is 0.0570 e. The molecule has 1 heterocycles. The molecular weight excluding hydrogens is 735 g/mol. The van der Waals surface area contributed by atoms with E-state index in [0.29, 0.717) is 0 Å². The van der Waals surface area contributed by atoms with Crippen molar-refractivity contribution in [2.24, 2.45) is 0 Å². The third kappa shape index (κ3) is 6.89. The van der Waals surface area contributed by atoms with E-state index in [-0.39, 0.29) is 0 Å². The highest BCUT2D eigenvalue weighted by Gasteiger charge is 2.19. The lowest BCUT2D eigenvalue weighted by Gasteiger charge is -2.18. The first kappa shape index (κ1) is 37.8. The molecule has 0 atom stereocenters. The minimum Gasteiger partial charge on any atom is -0.309 e. The van der Waals surface area contributed by atoms with E-state index in [1.165, 1.54) is 116 Å². The van der Waals surface area contributed by atoms with Gasteiger partial charge in [0, 0.05) is 16.5 Å². The van der Waals surface area contributed by atoms with E-state index in [4.69, 9.17) is 0 Å². The Morgan fingerprint density at radius 3 is 1.39 bits per heavy atom. The van der Waals surface area contributed by atoms with Crippen molar-refractivity contribution < 1.29 is 0 Å². The van der Waals surface area contributed by atoms with Crippen molar-refractivity contribution in [2.45, 2.75) is 27.7 Å². The molecular formula is C60H47N. The van der Waals surface area contributed by atoms with E-state index >= 15 is 0 Å². The van der Waals surface area contributed by atoms with Gasteiger partial charge in [-0.05, 0) is 135 Å². The standard InChI is InChI=1S/C46H33N.C14H14/c1-30-13-10-17-33(27-30)34-25-26-43-42(29-34)41-24-11-14-31(2)46(41)47(43)36-19-12-18-35(28-36)45-39-22-8-6-20-37(39)44(32-15-4-3-5-16-32)38-21-7-9-23-40(38)45;1-11-7-3-5-9-13(11)14-10-6-4-8-12(14)2/h3-29H,1-2H3;3-10H,1-2H3. The fourth-order valence-electron chi connectivity index (χ4n) is 9.42. The predicted octanol–water partition coefficient (Wildman–Crippen LogP) is 16.7. The van der Waals surface area contributed by atoms with Crippen LogP contribution in [0.25, 0.3) is 93.5 Å². The summed E-state index contributed by atoms with van der Waals surface area (Å²) < 4.78 is 2.46. The maximum Gasteiger partial charge on any atom is 0.0570 e. The van der Waals surface area contributed by atoms with Crippen LogP contribution in [0.4, 0.5) is 0 Å². The summed E-state index contributed by atoms with van der Waals surface area (Å²) in [7, 11) is 0. The number of hydrogen-bond acceptors (Lipinski definition) is 0. The Bertz CT molecular complexity index is 3300. The summed E-state index contributed by atoms with van der Waals surface area (Å²) in [4.78, 5) is 0. The maximum atomic E-state index is 2.46. The SMILES string of the molecule is Cc1cccc(-c2ccc3c(c2)c2cccc(C)c2n3-c2cccc(-c3c4ccccc4c(-c4ccccc4)c4ccccc34)c2)c1.Cc1ccccc1-c1ccccc1C. The second kappa shape index (κ2) is 15.9. The van der Waals surface area contributed by atoms with Gasteiger partial charge in [-0.3, -0.25) is 0 Å². The number of aromatic nitrogens is 1. The van der Waals surface area contributed by atoms with Crippen LogP contribution in [0.15, 0.2) is 212 Å². The van der Waals surface area contributed by atoms with Crippen LogP contribution in [0, 0.1) is 27.7 Å². The zero-order valence-corrected chi connectivity index (χ0v) is 35.2. The van der Waals surface area contributed by atoms with Gasteiger partial charge in [-0.15, -0.1) is 0 Å². The van der Waals surface area contributed by atoms with Gasteiger partial charge in [0.05, 0.1) is 11.0 Å². The lowest BCUT2D eigenvalue weighted by atomic mass is 9.86. The molecule has 10 aromatic carbocycles. The number of fused-ring (bicyclic) bond motifs is 5. The molecule has 61 heavy (non-hydrogen) atoms. The monoisotopic (exact) mass is 781 g/mol. The fraction of sp³-hybridized carbons (Fsp3) is 0.0667. The minimum atomic E-state index is 1.17. The molecule has 0 aliphatic heterocycles. The maximum absolute atomic E-state index is 2.46. The summed E-state index contributed by atoms with van der Waals surface area (Å²) in [6.07, 6.45) is 0. The number of hydrogen-bond donors (Lipinski definition) is 0. The molecule has 1 aromatic heterocycles. The first-order valence-corrected chi connectivity index (χ1v) is 21.3. The van der Waals surface area contributed by atoms with Gasteiger partial charge in [0.25, 0.3) is 0 Å². The van der Waals surface area contributed by atoms with E-state index in [1.807, 2.05) is 0 Å². The van der Waals surface area contributed by atoms with Crippen molar-refractivity contribution in [3.8, 4) is 50.2 Å². The summed E-state index contributed by atoms with van der Waals surface area (Å²) in [6.45, 7) is 8.70. The van der Waals surface area contributed by atoms with Gasteiger partial charge in [0.1, 0.15) is 0 Å². The van der Waals surface area contributed by atoms with Crippen LogP contribution < -0.4 is 0 Å². The Balaban J connectivity index is 0.000000270. The van der Waals surface area contributed by atoms with E-state index in [2.05, 4.69) is 245 Å². The average Bonchev–Trinajstić information content (AvgIpc) is 3.64. The second-order valence-corrected chi connectivity index (χ2v) is 16.3. The van der Waals surface area contributed by atoms with Gasteiger partial charge in [0.2, 0.25) is 0 Å². The summed E-state index contributed by atoms with van der Waals surface area (Å²) >= 11 is 0. The number of aryl methyl sites for hydroxylation is 4. The van der Waals surface area contributed by atoms with Crippen LogP contribution in [0.3, 0.4) is 0 Å². The van der Waals surface area contributed by atoms with E-state index in [0.717, 1.165) is 0 Å². The summed E-state index contributed by atoms with van der Waals surface area (Å²) in [5.74, 6) is 0. The molecule has 0 fully saturated rings. The van der Waals surface area contributed by atoms with Gasteiger partial charge in [-0.25, -0.2) is 0 Å². The Hall–Kier alpha value is -7.48. The molecule has 0 radical (unpaired) electrons. The molecule has 0 N–H and O–H groups in total. The molecule has 11 rings (SSSR count). The van der Waals surface area contributed by atoms with Crippen LogP contribution >= 0.6 is 0 Å². The summed E-state index contributed by atoms with van der Waals surface area (Å²) in [6, 6.07) is 77.2. The zero-order valence-electron chi connectivity index (χ0n) is 35.2. The molecule has 0 aliphatic rings. The number of benzene rings is 10. The summed E-state index contributed by atoms with van der Waals surface area (Å²) in [5, 5.41) is 7.63. The lowest BCUT2D eigenvalue weighted by molar-refractivity contribution is 1.17. The van der Waals surface area contributed by atoms with Gasteiger partial charge in [-0.2, -0.15) is 0 Å². The molecule has 1 heteroatoms. The van der Waals surface area contributed by atoms with E-state index in [9.17, 15) is 0 Å². The molecule has 0 saturated heterocycles. The van der Waals surface area contributed by atoms with Crippen molar-refractivity contribution in [2.75, 3.05) is 0 Å². The van der Waals surface area contributed by atoms with Crippen molar-refractivity contribution in [1.29, 1.82) is 0 Å². The lowest BCUT2D eigenvalue weighted by Crippen LogP contribution is -1.96. The van der Waals surface area contributed by atoms with Crippen LogP contribution in [-0.4, -0.2) is 4.57 Å². The van der Waals surface area contributed by atoms with Gasteiger partial charge in [-0.1, -0.05) is 194 Å². The van der Waals surface area contributed by atoms with Crippen LogP contribution in [0.5, 0.6) is 0 Å². The second-order valence-electron chi connectivity index (χ2n) is 16.3. The first-order chi connectivity index (χ1) is 29.9. The summed E-state index contributed by atoms with van der Waals surface area (Å²) in [5.41, 5.74) is 19.1. The fourth-order valence-corrected chi connectivity index (χ4v) is 9.42. The predicted molar refractivity (Wildman–Crippen MR) is 263 cm³/mol. The molecule has 0 spiro atoms. The molecule has 292 valence electrons. The van der Waals surface area contributed by atoms with Gasteiger partial charge < -0.3 is 4.57 Å². The van der Waals surface area contributed by atoms with E-state index in [1.54, 1.807) is 0 Å². The van der Waals surface area contributed by atoms with Gasteiger partial charge >= 0.3 is 0 Å². The normalized spacial score (nSPS) is 11.3. The number of para-hydroxylation sites is 1.